The number of nitrogens with zero attached hydrogens (tertiary/aromatic N) is 3. The monoisotopic (exact) mass is 551 g/mol. The van der Waals surface area contributed by atoms with E-state index in [0.717, 1.165) is 23.4 Å². The third kappa shape index (κ3) is 4.30. The molecule has 1 amide bonds. The quantitative estimate of drug-likeness (QED) is 0.332. The summed E-state index contributed by atoms with van der Waals surface area (Å²) in [6.07, 6.45) is 0.773. The lowest BCUT2D eigenvalue weighted by atomic mass is 9.96. The van der Waals surface area contributed by atoms with Crippen molar-refractivity contribution in [3.8, 4) is 0 Å². The van der Waals surface area contributed by atoms with E-state index in [9.17, 15) is 14.4 Å². The molecule has 0 aliphatic carbocycles. The molecule has 2 aliphatic rings. The molecular weight excluding hydrogens is 526 g/mol. The van der Waals surface area contributed by atoms with Crippen molar-refractivity contribution < 1.29 is 19.1 Å². The zero-order valence-corrected chi connectivity index (χ0v) is 22.8. The van der Waals surface area contributed by atoms with Crippen molar-refractivity contribution in [2.75, 3.05) is 31.8 Å². The number of halogens is 1. The molecule has 1 atom stereocenters. The molecule has 2 aliphatic heterocycles. The Morgan fingerprint density at radius 2 is 1.84 bits per heavy atom. The fraction of sp³-hybridized carbons (Fsp3) is 0.286. The Kier molecular flexibility index (Phi) is 7.34. The van der Waals surface area contributed by atoms with Crippen molar-refractivity contribution in [2.24, 2.45) is 4.99 Å². The van der Waals surface area contributed by atoms with Gasteiger partial charge < -0.3 is 14.4 Å². The number of hydrogen-bond donors (Lipinski definition) is 0. The van der Waals surface area contributed by atoms with Crippen LogP contribution in [0.2, 0.25) is 5.02 Å². The minimum absolute atomic E-state index is 0.0501. The molecule has 0 fully saturated rings. The summed E-state index contributed by atoms with van der Waals surface area (Å²) < 4.78 is 12.2. The first-order valence-electron chi connectivity index (χ1n) is 12.3. The first-order valence-corrected chi connectivity index (χ1v) is 13.4. The van der Waals surface area contributed by atoms with E-state index >= 15 is 0 Å². The molecule has 5 rings (SSSR count). The van der Waals surface area contributed by atoms with Crippen molar-refractivity contribution in [1.29, 1.82) is 0 Å². The van der Waals surface area contributed by atoms with Gasteiger partial charge in [-0.2, -0.15) is 0 Å². The Hall–Kier alpha value is -3.53. The topological polar surface area (TPSA) is 90.2 Å². The minimum atomic E-state index is -0.872. The van der Waals surface area contributed by atoms with Crippen LogP contribution >= 0.6 is 22.9 Å². The molecule has 0 radical (unpaired) electrons. The molecule has 0 N–H and O–H groups in total. The van der Waals surface area contributed by atoms with Gasteiger partial charge in [-0.25, -0.2) is 9.79 Å². The third-order valence-electron chi connectivity index (χ3n) is 6.54. The second-order valence-electron chi connectivity index (χ2n) is 8.90. The Labute approximate surface area is 228 Å². The number of amides is 1. The maximum Gasteiger partial charge on any atom is 0.338 e. The van der Waals surface area contributed by atoms with Crippen molar-refractivity contribution in [1.82, 2.24) is 4.57 Å². The van der Waals surface area contributed by atoms with Crippen LogP contribution in [0, 0.1) is 0 Å². The van der Waals surface area contributed by atoms with Gasteiger partial charge >= 0.3 is 5.97 Å². The average Bonchev–Trinajstić information content (AvgIpc) is 3.36. The van der Waals surface area contributed by atoms with Crippen LogP contribution in [-0.4, -0.2) is 43.3 Å². The van der Waals surface area contributed by atoms with Gasteiger partial charge in [-0.15, -0.1) is 0 Å². The molecule has 38 heavy (non-hydrogen) atoms. The molecular formula is C28H26ClN3O5S. The summed E-state index contributed by atoms with van der Waals surface area (Å²) in [5.41, 5.74) is 2.61. The van der Waals surface area contributed by atoms with Gasteiger partial charge in [-0.3, -0.25) is 14.2 Å². The molecule has 8 nitrogen and oxygen atoms in total. The van der Waals surface area contributed by atoms with E-state index in [1.54, 1.807) is 36.1 Å². The maximum atomic E-state index is 14.1. The highest BCUT2D eigenvalue weighted by atomic mass is 35.5. The molecule has 0 unspecified atom stereocenters. The fourth-order valence-electron chi connectivity index (χ4n) is 4.86. The number of allylic oxidation sites excluding steroid dienone is 1. The number of methoxy groups -OCH3 is 1. The van der Waals surface area contributed by atoms with Crippen molar-refractivity contribution in [2.45, 2.75) is 26.3 Å². The zero-order valence-electron chi connectivity index (χ0n) is 21.2. The highest BCUT2D eigenvalue weighted by Crippen LogP contribution is 2.36. The van der Waals surface area contributed by atoms with E-state index in [1.807, 2.05) is 31.2 Å². The number of rotatable bonds is 7. The van der Waals surface area contributed by atoms with E-state index in [1.165, 1.54) is 11.7 Å². The van der Waals surface area contributed by atoms with Crippen LogP contribution in [0.1, 0.15) is 37.4 Å². The average molecular weight is 552 g/mol. The smallest absolute Gasteiger partial charge is 0.338 e. The number of thiazole rings is 1. The lowest BCUT2D eigenvalue weighted by Crippen LogP contribution is -2.41. The summed E-state index contributed by atoms with van der Waals surface area (Å²) in [6.45, 7) is 4.52. The highest BCUT2D eigenvalue weighted by Gasteiger charge is 2.37. The summed E-state index contributed by atoms with van der Waals surface area (Å²) in [5.74, 6) is -0.829. The lowest BCUT2D eigenvalue weighted by Gasteiger charge is -2.25. The van der Waals surface area contributed by atoms with Crippen molar-refractivity contribution in [3.05, 3.63) is 95.6 Å². The van der Waals surface area contributed by atoms with E-state index in [-0.39, 0.29) is 29.2 Å². The lowest BCUT2D eigenvalue weighted by molar-refractivity contribution is -0.140. The normalized spacial score (nSPS) is 17.8. The predicted molar refractivity (Wildman–Crippen MR) is 146 cm³/mol. The number of aromatic nitrogens is 1. The summed E-state index contributed by atoms with van der Waals surface area (Å²) in [6, 6.07) is 13.6. The molecule has 196 valence electrons. The molecule has 0 saturated carbocycles. The van der Waals surface area contributed by atoms with E-state index in [0.29, 0.717) is 38.8 Å². The maximum absolute atomic E-state index is 14.1. The molecule has 3 heterocycles. The standard InChI is InChI=1S/C28H26ClN3O5S/c1-4-13-31-20-12-8-6-10-18(20)22(25(31)33)24-26(34)32-23(17-9-5-7-11-19(17)29)21(16(2)30-28(32)38-24)27(35)37-15-14-36-3/h5-12,23H,4,13-15H2,1-3H3/b24-22-/t23-/m0/s1. The van der Waals surface area contributed by atoms with E-state index in [4.69, 9.17) is 21.1 Å². The Bertz CT molecular complexity index is 1650. The molecule has 2 aromatic carbocycles. The van der Waals surface area contributed by atoms with E-state index < -0.39 is 17.6 Å². The number of para-hydroxylation sites is 1. The number of esters is 1. The summed E-state index contributed by atoms with van der Waals surface area (Å²) in [5, 5.41) is 0.393. The second kappa shape index (κ2) is 10.7. The van der Waals surface area contributed by atoms with E-state index in [2.05, 4.69) is 4.99 Å². The van der Waals surface area contributed by atoms with Gasteiger partial charge in [-0.1, -0.05) is 66.3 Å². The summed E-state index contributed by atoms with van der Waals surface area (Å²) in [4.78, 5) is 47.7. The highest BCUT2D eigenvalue weighted by molar-refractivity contribution is 7.07. The second-order valence-corrected chi connectivity index (χ2v) is 10.3. The number of ether oxygens (including phenoxy) is 2. The fourth-order valence-corrected chi connectivity index (χ4v) is 6.24. The molecule has 10 heteroatoms. The number of carbonyl (C=O) groups excluding carboxylic acids is 2. The minimum Gasteiger partial charge on any atom is -0.460 e. The van der Waals surface area contributed by atoms with Crippen LogP contribution < -0.4 is 19.8 Å². The Morgan fingerprint density at radius 1 is 1.11 bits per heavy atom. The van der Waals surface area contributed by atoms with Crippen LogP contribution in [0.25, 0.3) is 5.57 Å². The van der Waals surface area contributed by atoms with Gasteiger partial charge in [0.05, 0.1) is 29.1 Å². The zero-order chi connectivity index (χ0) is 27.0. The number of hydrogen-bond acceptors (Lipinski definition) is 7. The van der Waals surface area contributed by atoms with Gasteiger partial charge in [0, 0.05) is 24.2 Å². The largest absolute Gasteiger partial charge is 0.460 e. The van der Waals surface area contributed by atoms with Crippen LogP contribution in [0.3, 0.4) is 0 Å². The molecule has 0 spiro atoms. The summed E-state index contributed by atoms with van der Waals surface area (Å²) in [7, 11) is 1.52. The van der Waals surface area contributed by atoms with Gasteiger partial charge in [0.15, 0.2) is 4.80 Å². The van der Waals surface area contributed by atoms with Gasteiger partial charge in [0.2, 0.25) is 0 Å². The predicted octanol–water partition coefficient (Wildman–Crippen LogP) is 3.21. The number of carbonyl (C=O) groups is 2. The molecule has 0 bridgehead atoms. The summed E-state index contributed by atoms with van der Waals surface area (Å²) >= 11 is 7.74. The first-order chi connectivity index (χ1) is 18.4. The number of benzene rings is 2. The molecule has 3 aromatic rings. The molecule has 0 saturated heterocycles. The van der Waals surface area contributed by atoms with Crippen molar-refractivity contribution >= 4 is 46.1 Å². The SMILES string of the molecule is CCCN1C(=O)/C(=c2\sc3n(c2=O)[C@@H](c2ccccc2Cl)C(C(=O)OCCOC)=C(C)N=3)c2ccccc21. The first kappa shape index (κ1) is 26.1. The third-order valence-corrected chi connectivity index (χ3v) is 7.93. The Balaban J connectivity index is 1.77. The van der Waals surface area contributed by atoms with Gasteiger partial charge in [0.1, 0.15) is 17.2 Å². The van der Waals surface area contributed by atoms with Gasteiger partial charge in [-0.05, 0) is 31.0 Å². The number of fused-ring (bicyclic) bond motifs is 2. The molecule has 1 aromatic heterocycles. The van der Waals surface area contributed by atoms with Crippen LogP contribution in [0.5, 0.6) is 0 Å². The van der Waals surface area contributed by atoms with Gasteiger partial charge in [0.25, 0.3) is 11.5 Å². The number of anilines is 1. The van der Waals surface area contributed by atoms with Crippen LogP contribution in [0.15, 0.2) is 69.6 Å². The van der Waals surface area contributed by atoms with Crippen LogP contribution in [0.4, 0.5) is 5.69 Å². The Morgan fingerprint density at radius 3 is 2.58 bits per heavy atom. The van der Waals surface area contributed by atoms with Crippen LogP contribution in [-0.2, 0) is 19.1 Å². The van der Waals surface area contributed by atoms with Crippen molar-refractivity contribution in [3.63, 3.8) is 0 Å².